The molecule has 1 aliphatic rings. The summed E-state index contributed by atoms with van der Waals surface area (Å²) in [4.78, 5) is 5.96. The third-order valence-corrected chi connectivity index (χ3v) is 3.80. The van der Waals surface area contributed by atoms with Crippen LogP contribution in [0.2, 0.25) is 0 Å². The fourth-order valence-corrected chi connectivity index (χ4v) is 2.82. The minimum absolute atomic E-state index is 0.241. The van der Waals surface area contributed by atoms with Crippen molar-refractivity contribution in [1.82, 2.24) is 5.06 Å². The molecule has 0 aromatic carbocycles. The minimum atomic E-state index is -0.851. The Bertz CT molecular complexity index is 346. The Hall–Kier alpha value is -0.630. The van der Waals surface area contributed by atoms with Gasteiger partial charge in [-0.15, -0.1) is 0 Å². The van der Waals surface area contributed by atoms with Crippen LogP contribution in [0.3, 0.4) is 0 Å². The van der Waals surface area contributed by atoms with Gasteiger partial charge in [-0.05, 0) is 53.9 Å². The first-order valence-electron chi connectivity index (χ1n) is 6.65. The third kappa shape index (κ3) is 3.03. The zero-order valence-corrected chi connectivity index (χ0v) is 12.4. The highest BCUT2D eigenvalue weighted by atomic mass is 16.7. The number of nitrogens with zero attached hydrogens (tertiary/aromatic N) is 2. The number of hydrogen-bond acceptors (Lipinski definition) is 4. The molecule has 0 saturated carbocycles. The summed E-state index contributed by atoms with van der Waals surface area (Å²) in [6.45, 7) is 11.8. The Morgan fingerprint density at radius 2 is 1.94 bits per heavy atom. The lowest BCUT2D eigenvalue weighted by atomic mass is 9.78. The molecular formula is C14H26N2O2. The van der Waals surface area contributed by atoms with Gasteiger partial charge >= 0.3 is 0 Å². The number of aliphatic hydroxyl groups is 1. The molecule has 1 saturated heterocycles. The van der Waals surface area contributed by atoms with Crippen LogP contribution in [-0.2, 0) is 4.84 Å². The summed E-state index contributed by atoms with van der Waals surface area (Å²) in [6.07, 6.45) is 1.89. The molecule has 0 amide bonds. The van der Waals surface area contributed by atoms with Crippen molar-refractivity contribution in [3.05, 3.63) is 0 Å². The van der Waals surface area contributed by atoms with Crippen LogP contribution < -0.4 is 0 Å². The number of hydroxylamine groups is 2. The van der Waals surface area contributed by atoms with Crippen molar-refractivity contribution >= 4 is 0 Å². The average molecular weight is 254 g/mol. The highest BCUT2D eigenvalue weighted by molar-refractivity contribution is 5.01. The Morgan fingerprint density at radius 3 is 2.39 bits per heavy atom. The molecule has 104 valence electrons. The summed E-state index contributed by atoms with van der Waals surface area (Å²) in [5.74, 6) is 0. The highest BCUT2D eigenvalue weighted by Gasteiger charge is 2.49. The zero-order chi connectivity index (χ0) is 14.2. The molecule has 0 aromatic heterocycles. The first-order valence-corrected chi connectivity index (χ1v) is 6.65. The Labute approximate surface area is 110 Å². The van der Waals surface area contributed by atoms with Crippen molar-refractivity contribution in [2.24, 2.45) is 0 Å². The molecule has 1 rings (SSSR count). The van der Waals surface area contributed by atoms with E-state index in [1.807, 2.05) is 5.06 Å². The van der Waals surface area contributed by atoms with E-state index >= 15 is 0 Å². The molecule has 0 radical (unpaired) electrons. The second-order valence-corrected chi connectivity index (χ2v) is 6.73. The van der Waals surface area contributed by atoms with E-state index < -0.39 is 5.60 Å². The number of nitriles is 1. The third-order valence-electron chi connectivity index (χ3n) is 3.80. The predicted octanol–water partition coefficient (Wildman–Crippen LogP) is 2.62. The van der Waals surface area contributed by atoms with Gasteiger partial charge in [0, 0.05) is 11.1 Å². The number of aliphatic hydroxyl groups excluding tert-OH is 1. The smallest absolute Gasteiger partial charge is 0.170 e. The molecule has 4 heteroatoms. The molecule has 1 aliphatic heterocycles. The second kappa shape index (κ2) is 4.80. The molecule has 0 aliphatic carbocycles. The SMILES string of the molecule is CCC1(C)CC(O)CC(C)(C)N1OC(C)(C)C#N. The molecule has 18 heavy (non-hydrogen) atoms. The molecule has 1 N–H and O–H groups in total. The summed E-state index contributed by atoms with van der Waals surface area (Å²) in [7, 11) is 0. The maximum atomic E-state index is 10.0. The van der Waals surface area contributed by atoms with Gasteiger partial charge < -0.3 is 5.11 Å². The van der Waals surface area contributed by atoms with E-state index in [2.05, 4.69) is 33.8 Å². The minimum Gasteiger partial charge on any atom is -0.393 e. The summed E-state index contributed by atoms with van der Waals surface area (Å²) in [5.41, 5.74) is -1.37. The van der Waals surface area contributed by atoms with Crippen LogP contribution >= 0.6 is 0 Å². The van der Waals surface area contributed by atoms with Gasteiger partial charge in [0.25, 0.3) is 0 Å². The van der Waals surface area contributed by atoms with Gasteiger partial charge in [-0.1, -0.05) is 6.92 Å². The molecule has 0 spiro atoms. The van der Waals surface area contributed by atoms with Gasteiger partial charge in [-0.3, -0.25) is 4.84 Å². The molecule has 2 atom stereocenters. The van der Waals surface area contributed by atoms with E-state index in [-0.39, 0.29) is 17.2 Å². The maximum absolute atomic E-state index is 10.0. The largest absolute Gasteiger partial charge is 0.393 e. The fraction of sp³-hybridized carbons (Fsp3) is 0.929. The zero-order valence-electron chi connectivity index (χ0n) is 12.4. The molecule has 4 nitrogen and oxygen atoms in total. The van der Waals surface area contributed by atoms with Crippen molar-refractivity contribution in [2.75, 3.05) is 0 Å². The summed E-state index contributed by atoms with van der Waals surface area (Å²) in [6, 6.07) is 2.17. The Morgan fingerprint density at radius 1 is 1.39 bits per heavy atom. The quantitative estimate of drug-likeness (QED) is 0.841. The normalized spacial score (nSPS) is 33.1. The first-order chi connectivity index (χ1) is 8.06. The van der Waals surface area contributed by atoms with Crippen LogP contribution in [0.1, 0.15) is 60.8 Å². The Balaban J connectivity index is 3.06. The lowest BCUT2D eigenvalue weighted by Gasteiger charge is -2.55. The van der Waals surface area contributed by atoms with Crippen LogP contribution in [0.15, 0.2) is 0 Å². The summed E-state index contributed by atoms with van der Waals surface area (Å²) >= 11 is 0. The highest BCUT2D eigenvalue weighted by Crippen LogP contribution is 2.41. The van der Waals surface area contributed by atoms with Crippen molar-refractivity contribution in [2.45, 2.75) is 83.6 Å². The van der Waals surface area contributed by atoms with Gasteiger partial charge in [0.1, 0.15) is 0 Å². The molecule has 0 aromatic rings. The van der Waals surface area contributed by atoms with Crippen LogP contribution in [0.25, 0.3) is 0 Å². The van der Waals surface area contributed by atoms with E-state index in [0.29, 0.717) is 12.8 Å². The molecule has 1 heterocycles. The topological polar surface area (TPSA) is 56.5 Å². The molecule has 0 bridgehead atoms. The van der Waals surface area contributed by atoms with Crippen LogP contribution in [0, 0.1) is 11.3 Å². The van der Waals surface area contributed by atoms with Crippen molar-refractivity contribution < 1.29 is 9.94 Å². The van der Waals surface area contributed by atoms with Gasteiger partial charge in [0.05, 0.1) is 12.2 Å². The van der Waals surface area contributed by atoms with Crippen molar-refractivity contribution in [3.8, 4) is 6.07 Å². The number of piperidine rings is 1. The van der Waals surface area contributed by atoms with Crippen molar-refractivity contribution in [1.29, 1.82) is 5.26 Å². The van der Waals surface area contributed by atoms with E-state index in [1.54, 1.807) is 13.8 Å². The molecule has 2 unspecified atom stereocenters. The monoisotopic (exact) mass is 254 g/mol. The lowest BCUT2D eigenvalue weighted by Crippen LogP contribution is -2.64. The first kappa shape index (κ1) is 15.4. The number of hydrogen-bond donors (Lipinski definition) is 1. The van der Waals surface area contributed by atoms with Gasteiger partial charge in [0.15, 0.2) is 5.60 Å². The second-order valence-electron chi connectivity index (χ2n) is 6.73. The van der Waals surface area contributed by atoms with Crippen molar-refractivity contribution in [3.63, 3.8) is 0 Å². The van der Waals surface area contributed by atoms with E-state index in [4.69, 9.17) is 10.1 Å². The van der Waals surface area contributed by atoms with Gasteiger partial charge in [-0.2, -0.15) is 10.3 Å². The maximum Gasteiger partial charge on any atom is 0.170 e. The Kier molecular flexibility index (Phi) is 4.12. The van der Waals surface area contributed by atoms with Crippen LogP contribution in [-0.4, -0.2) is 33.0 Å². The molecule has 1 fully saturated rings. The standard InChI is InChI=1S/C14H26N2O2/c1-7-14(6)9-11(17)8-12(2,3)16(14)18-13(4,5)10-15/h11,17H,7-9H2,1-6H3. The van der Waals surface area contributed by atoms with E-state index in [9.17, 15) is 5.11 Å². The summed E-state index contributed by atoms with van der Waals surface area (Å²) in [5, 5.41) is 21.1. The van der Waals surface area contributed by atoms with Crippen LogP contribution in [0.4, 0.5) is 0 Å². The average Bonchev–Trinajstić information content (AvgIpc) is 2.23. The predicted molar refractivity (Wildman–Crippen MR) is 70.6 cm³/mol. The summed E-state index contributed by atoms with van der Waals surface area (Å²) < 4.78 is 0. The van der Waals surface area contributed by atoms with Crippen LogP contribution in [0.5, 0.6) is 0 Å². The number of rotatable bonds is 3. The lowest BCUT2D eigenvalue weighted by molar-refractivity contribution is -0.329. The van der Waals surface area contributed by atoms with Gasteiger partial charge in [0.2, 0.25) is 0 Å². The fourth-order valence-electron chi connectivity index (χ4n) is 2.82. The van der Waals surface area contributed by atoms with E-state index in [0.717, 1.165) is 6.42 Å². The van der Waals surface area contributed by atoms with E-state index in [1.165, 1.54) is 0 Å². The van der Waals surface area contributed by atoms with Gasteiger partial charge in [-0.25, -0.2) is 0 Å². The molecular weight excluding hydrogens is 228 g/mol.